The van der Waals surface area contributed by atoms with Crippen molar-refractivity contribution in [2.45, 2.75) is 29.9 Å². The first-order chi connectivity index (χ1) is 12.0. The van der Waals surface area contributed by atoms with Gasteiger partial charge in [-0.25, -0.2) is 12.8 Å². The topological polar surface area (TPSA) is 61.4 Å². The summed E-state index contributed by atoms with van der Waals surface area (Å²) in [6.45, 7) is 2.29. The molecule has 0 saturated carbocycles. The third-order valence-corrected chi connectivity index (χ3v) is 6.50. The number of nitrogens with zero attached hydrogens (tertiary/aromatic N) is 1. The fourth-order valence-electron chi connectivity index (χ4n) is 3.59. The van der Waals surface area contributed by atoms with E-state index in [2.05, 4.69) is 27.1 Å². The van der Waals surface area contributed by atoms with E-state index in [9.17, 15) is 12.8 Å². The van der Waals surface area contributed by atoms with Gasteiger partial charge in [0.1, 0.15) is 16.4 Å². The second-order valence-corrected chi connectivity index (χ2v) is 8.34. The Balaban J connectivity index is 1.53. The molecule has 1 spiro atoms. The molecule has 2 heterocycles. The molecule has 25 heavy (non-hydrogen) atoms. The molecule has 2 aliphatic heterocycles. The van der Waals surface area contributed by atoms with Gasteiger partial charge in [-0.3, -0.25) is 4.90 Å². The van der Waals surface area contributed by atoms with Gasteiger partial charge >= 0.3 is 0 Å². The molecule has 1 saturated heterocycles. The van der Waals surface area contributed by atoms with Crippen molar-refractivity contribution in [3.63, 3.8) is 0 Å². The predicted molar refractivity (Wildman–Crippen MR) is 94.0 cm³/mol. The zero-order valence-corrected chi connectivity index (χ0v) is 14.5. The summed E-state index contributed by atoms with van der Waals surface area (Å²) in [6.07, 6.45) is 1.15. The van der Waals surface area contributed by atoms with Gasteiger partial charge in [0.15, 0.2) is 0 Å². The molecular formula is C18H20FN3O2S. The van der Waals surface area contributed by atoms with Gasteiger partial charge in [-0.15, -0.1) is 0 Å². The average molecular weight is 361 g/mol. The van der Waals surface area contributed by atoms with Gasteiger partial charge in [-0.2, -0.15) is 4.72 Å². The van der Waals surface area contributed by atoms with E-state index in [-0.39, 0.29) is 10.6 Å². The first-order valence-electron chi connectivity index (χ1n) is 8.34. The molecule has 1 fully saturated rings. The van der Waals surface area contributed by atoms with Crippen LogP contribution in [0.5, 0.6) is 0 Å². The number of piperidine rings is 1. The molecular weight excluding hydrogens is 341 g/mol. The van der Waals surface area contributed by atoms with E-state index in [4.69, 9.17) is 0 Å². The number of benzene rings is 2. The van der Waals surface area contributed by atoms with Crippen molar-refractivity contribution in [1.29, 1.82) is 0 Å². The number of sulfonamides is 1. The van der Waals surface area contributed by atoms with Crippen molar-refractivity contribution in [2.75, 3.05) is 18.4 Å². The van der Waals surface area contributed by atoms with Crippen LogP contribution in [0.1, 0.15) is 18.4 Å². The minimum Gasteiger partial charge on any atom is -0.363 e. The maximum Gasteiger partial charge on any atom is 0.244 e. The van der Waals surface area contributed by atoms with Crippen molar-refractivity contribution in [1.82, 2.24) is 9.62 Å². The molecule has 2 aromatic rings. The van der Waals surface area contributed by atoms with Crippen LogP contribution in [-0.4, -0.2) is 32.1 Å². The number of rotatable bonds is 2. The minimum atomic E-state index is -3.72. The number of halogens is 1. The molecule has 0 aliphatic carbocycles. The third-order valence-electron chi connectivity index (χ3n) is 4.92. The largest absolute Gasteiger partial charge is 0.363 e. The van der Waals surface area contributed by atoms with Gasteiger partial charge in [-0.1, -0.05) is 36.4 Å². The van der Waals surface area contributed by atoms with Crippen LogP contribution >= 0.6 is 0 Å². The Kier molecular flexibility index (Phi) is 4.02. The van der Waals surface area contributed by atoms with Gasteiger partial charge in [0.05, 0.1) is 5.69 Å². The van der Waals surface area contributed by atoms with Crippen LogP contribution in [0.3, 0.4) is 0 Å². The Hall–Kier alpha value is -1.96. The van der Waals surface area contributed by atoms with E-state index in [0.29, 0.717) is 12.8 Å². The van der Waals surface area contributed by atoms with E-state index in [0.717, 1.165) is 19.6 Å². The van der Waals surface area contributed by atoms with Crippen LogP contribution in [0.25, 0.3) is 0 Å². The zero-order valence-electron chi connectivity index (χ0n) is 13.7. The van der Waals surface area contributed by atoms with E-state index >= 15 is 0 Å². The summed E-state index contributed by atoms with van der Waals surface area (Å²) in [6, 6.07) is 14.3. The zero-order chi connectivity index (χ0) is 17.5. The van der Waals surface area contributed by atoms with E-state index < -0.39 is 21.5 Å². The second kappa shape index (κ2) is 6.09. The molecule has 7 heteroatoms. The fraction of sp³-hybridized carbons (Fsp3) is 0.333. The van der Waals surface area contributed by atoms with E-state index in [1.807, 2.05) is 18.2 Å². The Morgan fingerprint density at radius 1 is 1.04 bits per heavy atom. The van der Waals surface area contributed by atoms with Crippen LogP contribution < -0.4 is 10.0 Å². The highest BCUT2D eigenvalue weighted by molar-refractivity contribution is 7.89. The quantitative estimate of drug-likeness (QED) is 0.863. The average Bonchev–Trinajstić information content (AvgIpc) is 2.59. The number of likely N-dealkylation sites (tertiary alicyclic amines) is 1. The highest BCUT2D eigenvalue weighted by Crippen LogP contribution is 2.36. The summed E-state index contributed by atoms with van der Waals surface area (Å²) in [5, 5.41) is 3.13. The Morgan fingerprint density at radius 2 is 1.76 bits per heavy atom. The molecule has 0 amide bonds. The Morgan fingerprint density at radius 3 is 2.48 bits per heavy atom. The Bertz CT molecular complexity index is 878. The molecule has 5 nitrogen and oxygen atoms in total. The number of hydrogen-bond donors (Lipinski definition) is 2. The van der Waals surface area contributed by atoms with Crippen LogP contribution in [0.15, 0.2) is 53.4 Å². The van der Waals surface area contributed by atoms with Gasteiger partial charge in [0.2, 0.25) is 10.0 Å². The lowest BCUT2D eigenvalue weighted by Gasteiger charge is -2.45. The summed E-state index contributed by atoms with van der Waals surface area (Å²) in [5.41, 5.74) is 0.492. The van der Waals surface area contributed by atoms with E-state index in [1.54, 1.807) is 0 Å². The maximum atomic E-state index is 14.2. The molecule has 2 aliphatic rings. The van der Waals surface area contributed by atoms with Crippen LogP contribution in [0, 0.1) is 5.82 Å². The molecule has 0 atom stereocenters. The number of anilines is 1. The molecule has 2 N–H and O–H groups in total. The van der Waals surface area contributed by atoms with Crippen molar-refractivity contribution >= 4 is 15.7 Å². The first kappa shape index (κ1) is 16.5. The lowest BCUT2D eigenvalue weighted by Crippen LogP contribution is -2.62. The van der Waals surface area contributed by atoms with Crippen LogP contribution in [-0.2, 0) is 16.6 Å². The van der Waals surface area contributed by atoms with Gasteiger partial charge < -0.3 is 5.32 Å². The summed E-state index contributed by atoms with van der Waals surface area (Å²) >= 11 is 0. The van der Waals surface area contributed by atoms with Crippen molar-refractivity contribution < 1.29 is 12.8 Å². The maximum absolute atomic E-state index is 14.2. The summed E-state index contributed by atoms with van der Waals surface area (Å²) < 4.78 is 42.0. The summed E-state index contributed by atoms with van der Waals surface area (Å²) in [4.78, 5) is 2.26. The monoisotopic (exact) mass is 361 g/mol. The van der Waals surface area contributed by atoms with Gasteiger partial charge in [-0.05, 0) is 30.5 Å². The standard InChI is InChI=1S/C18H20FN3O2S/c19-15-7-4-8-16-17(15)20-18(21-25(16,23)24)9-11-22(12-10-18)13-14-5-2-1-3-6-14/h1-8,20-21H,9-13H2. The molecule has 0 unspecified atom stereocenters. The van der Waals surface area contributed by atoms with Crippen molar-refractivity contribution in [3.05, 3.63) is 59.9 Å². The normalized spacial score (nSPS) is 21.5. The number of fused-ring (bicyclic) bond motifs is 1. The number of hydrogen-bond acceptors (Lipinski definition) is 4. The van der Waals surface area contributed by atoms with Crippen LogP contribution in [0.2, 0.25) is 0 Å². The van der Waals surface area contributed by atoms with Crippen LogP contribution in [0.4, 0.5) is 10.1 Å². The minimum absolute atomic E-state index is 0.0233. The molecule has 132 valence electrons. The fourth-order valence-corrected chi connectivity index (χ4v) is 5.14. The van der Waals surface area contributed by atoms with Gasteiger partial charge in [0.25, 0.3) is 0 Å². The number of para-hydroxylation sites is 1. The molecule has 0 radical (unpaired) electrons. The lowest BCUT2D eigenvalue weighted by atomic mass is 9.96. The molecule has 0 aromatic heterocycles. The molecule has 4 rings (SSSR count). The van der Waals surface area contributed by atoms with Crippen molar-refractivity contribution in [2.24, 2.45) is 0 Å². The highest BCUT2D eigenvalue weighted by Gasteiger charge is 2.43. The number of nitrogens with one attached hydrogen (secondary N) is 2. The molecule has 2 aromatic carbocycles. The summed E-state index contributed by atoms with van der Waals surface area (Å²) in [7, 11) is -3.72. The predicted octanol–water partition coefficient (Wildman–Crippen LogP) is 2.52. The summed E-state index contributed by atoms with van der Waals surface area (Å²) in [5.74, 6) is -0.534. The highest BCUT2D eigenvalue weighted by atomic mass is 32.2. The van der Waals surface area contributed by atoms with E-state index in [1.165, 1.54) is 23.8 Å². The third kappa shape index (κ3) is 3.15. The SMILES string of the molecule is O=S1(=O)NC2(CCN(Cc3ccccc3)CC2)Nc2c(F)cccc21. The lowest BCUT2D eigenvalue weighted by molar-refractivity contribution is 0.158. The van der Waals surface area contributed by atoms with Crippen molar-refractivity contribution in [3.8, 4) is 0 Å². The first-order valence-corrected chi connectivity index (χ1v) is 9.83. The second-order valence-electron chi connectivity index (χ2n) is 6.69. The molecule has 0 bridgehead atoms. The van der Waals surface area contributed by atoms with Gasteiger partial charge in [0, 0.05) is 19.6 Å². The Labute approximate surface area is 146 Å². The smallest absolute Gasteiger partial charge is 0.244 e.